The smallest absolute Gasteiger partial charge is 0.274 e. The van der Waals surface area contributed by atoms with Gasteiger partial charge < -0.3 is 5.32 Å². The highest BCUT2D eigenvalue weighted by molar-refractivity contribution is 7.89. The molecule has 0 spiro atoms. The van der Waals surface area contributed by atoms with Gasteiger partial charge in [-0.1, -0.05) is 12.1 Å². The Bertz CT molecular complexity index is 994. The lowest BCUT2D eigenvalue weighted by Crippen LogP contribution is -2.40. The number of carbonyl (C=O) groups is 1. The molecule has 2 aromatic rings. The van der Waals surface area contributed by atoms with Crippen LogP contribution in [0.2, 0.25) is 0 Å². The molecule has 9 heteroatoms. The molecule has 2 rings (SSSR count). The number of amides is 1. The monoisotopic (exact) mass is 391 g/mol. The zero-order valence-electron chi connectivity index (χ0n) is 15.4. The van der Waals surface area contributed by atoms with Gasteiger partial charge in [0.25, 0.3) is 11.6 Å². The molecular weight excluding hydrogens is 370 g/mol. The molecule has 0 fully saturated rings. The van der Waals surface area contributed by atoms with Crippen molar-refractivity contribution in [3.8, 4) is 0 Å². The summed E-state index contributed by atoms with van der Waals surface area (Å²) in [5.74, 6) is -0.564. The largest absolute Gasteiger partial charge is 0.321 e. The molecule has 0 unspecified atom stereocenters. The van der Waals surface area contributed by atoms with Gasteiger partial charge in [-0.3, -0.25) is 14.9 Å². The normalized spacial score (nSPS) is 11.9. The van der Waals surface area contributed by atoms with Crippen LogP contribution in [0, 0.1) is 17.0 Å². The van der Waals surface area contributed by atoms with Crippen molar-refractivity contribution in [1.82, 2.24) is 4.72 Å². The fourth-order valence-electron chi connectivity index (χ4n) is 2.42. The van der Waals surface area contributed by atoms with Gasteiger partial charge in [0, 0.05) is 17.2 Å². The van der Waals surface area contributed by atoms with Gasteiger partial charge in [-0.15, -0.1) is 0 Å². The van der Waals surface area contributed by atoms with E-state index in [1.807, 2.05) is 0 Å². The lowest BCUT2D eigenvalue weighted by atomic mass is 10.1. The third-order valence-electron chi connectivity index (χ3n) is 3.60. The Hall–Kier alpha value is -2.78. The van der Waals surface area contributed by atoms with Crippen LogP contribution in [0.1, 0.15) is 36.7 Å². The number of nitrogens with zero attached hydrogens (tertiary/aromatic N) is 1. The molecule has 2 N–H and O–H groups in total. The average molecular weight is 391 g/mol. The molecule has 0 aliphatic heterocycles. The second-order valence-corrected chi connectivity index (χ2v) is 8.73. The summed E-state index contributed by atoms with van der Waals surface area (Å²) in [7, 11) is -3.79. The zero-order chi connectivity index (χ0) is 20.4. The van der Waals surface area contributed by atoms with E-state index in [4.69, 9.17) is 0 Å². The van der Waals surface area contributed by atoms with E-state index in [-0.39, 0.29) is 21.8 Å². The Labute approximate surface area is 157 Å². The Morgan fingerprint density at radius 2 is 1.74 bits per heavy atom. The molecule has 0 saturated carbocycles. The summed E-state index contributed by atoms with van der Waals surface area (Å²) >= 11 is 0. The van der Waals surface area contributed by atoms with Crippen molar-refractivity contribution in [3.63, 3.8) is 0 Å². The highest BCUT2D eigenvalue weighted by Gasteiger charge is 2.23. The van der Waals surface area contributed by atoms with Crippen LogP contribution in [0.4, 0.5) is 11.4 Å². The Balaban J connectivity index is 2.32. The van der Waals surface area contributed by atoms with E-state index >= 15 is 0 Å². The Morgan fingerprint density at radius 3 is 2.33 bits per heavy atom. The number of benzene rings is 2. The fourth-order valence-corrected chi connectivity index (χ4v) is 3.88. The topological polar surface area (TPSA) is 118 Å². The standard InChI is InChI=1S/C18H21N3O5S/c1-12-15(9-6-10-16(12)21(23)24)19-17(22)13-7-5-8-14(11-13)27(25,26)20-18(2,3)4/h5-11,20H,1-4H3,(H,19,22). The van der Waals surface area contributed by atoms with Gasteiger partial charge in [0.15, 0.2) is 0 Å². The molecule has 144 valence electrons. The number of anilines is 1. The number of hydrogen-bond acceptors (Lipinski definition) is 5. The number of nitro groups is 1. The average Bonchev–Trinajstić information content (AvgIpc) is 2.54. The predicted octanol–water partition coefficient (Wildman–Crippen LogP) is 3.23. The summed E-state index contributed by atoms with van der Waals surface area (Å²) in [6.45, 7) is 6.67. The van der Waals surface area contributed by atoms with Gasteiger partial charge in [0.05, 0.1) is 21.1 Å². The lowest BCUT2D eigenvalue weighted by molar-refractivity contribution is -0.385. The van der Waals surface area contributed by atoms with E-state index in [1.165, 1.54) is 43.3 Å². The highest BCUT2D eigenvalue weighted by atomic mass is 32.2. The maximum atomic E-state index is 12.5. The maximum Gasteiger partial charge on any atom is 0.274 e. The molecule has 0 aromatic heterocycles. The van der Waals surface area contributed by atoms with E-state index in [0.29, 0.717) is 5.56 Å². The molecule has 0 aliphatic rings. The van der Waals surface area contributed by atoms with Crippen LogP contribution in [0.5, 0.6) is 0 Å². The molecule has 27 heavy (non-hydrogen) atoms. The van der Waals surface area contributed by atoms with Gasteiger partial charge in [-0.2, -0.15) is 0 Å². The first-order valence-corrected chi connectivity index (χ1v) is 9.58. The first-order valence-electron chi connectivity index (χ1n) is 8.10. The van der Waals surface area contributed by atoms with Crippen LogP contribution in [-0.2, 0) is 10.0 Å². The van der Waals surface area contributed by atoms with Crippen LogP contribution in [0.15, 0.2) is 47.4 Å². The molecule has 0 radical (unpaired) electrons. The van der Waals surface area contributed by atoms with Crippen LogP contribution < -0.4 is 10.0 Å². The summed E-state index contributed by atoms with van der Waals surface area (Å²) in [6.07, 6.45) is 0. The van der Waals surface area contributed by atoms with Crippen molar-refractivity contribution in [2.45, 2.75) is 38.1 Å². The minimum atomic E-state index is -3.79. The summed E-state index contributed by atoms with van der Waals surface area (Å²) < 4.78 is 27.4. The van der Waals surface area contributed by atoms with E-state index in [9.17, 15) is 23.3 Å². The lowest BCUT2D eigenvalue weighted by Gasteiger charge is -2.20. The van der Waals surface area contributed by atoms with E-state index < -0.39 is 26.4 Å². The van der Waals surface area contributed by atoms with Gasteiger partial charge in [-0.05, 0) is 52.0 Å². The molecule has 0 heterocycles. The van der Waals surface area contributed by atoms with Gasteiger partial charge in [-0.25, -0.2) is 13.1 Å². The number of sulfonamides is 1. The quantitative estimate of drug-likeness (QED) is 0.599. The van der Waals surface area contributed by atoms with Crippen LogP contribution >= 0.6 is 0 Å². The van der Waals surface area contributed by atoms with E-state index in [1.54, 1.807) is 26.8 Å². The molecule has 0 atom stereocenters. The molecule has 2 aromatic carbocycles. The van der Waals surface area contributed by atoms with Crippen LogP contribution in [0.25, 0.3) is 0 Å². The second kappa shape index (κ2) is 7.45. The number of rotatable bonds is 5. The van der Waals surface area contributed by atoms with Gasteiger partial charge >= 0.3 is 0 Å². The summed E-state index contributed by atoms with van der Waals surface area (Å²) in [5, 5.41) is 13.6. The second-order valence-electron chi connectivity index (χ2n) is 7.04. The van der Waals surface area contributed by atoms with Crippen molar-refractivity contribution >= 4 is 27.3 Å². The first kappa shape index (κ1) is 20.5. The van der Waals surface area contributed by atoms with Gasteiger partial charge in [0.1, 0.15) is 0 Å². The summed E-state index contributed by atoms with van der Waals surface area (Å²) in [6, 6.07) is 9.94. The van der Waals surface area contributed by atoms with E-state index in [2.05, 4.69) is 10.0 Å². The number of nitro benzene ring substituents is 1. The zero-order valence-corrected chi connectivity index (χ0v) is 16.3. The Kier molecular flexibility index (Phi) is 5.67. The molecule has 1 amide bonds. The van der Waals surface area contributed by atoms with Gasteiger partial charge in [0.2, 0.25) is 10.0 Å². The minimum Gasteiger partial charge on any atom is -0.321 e. The molecule has 0 bridgehead atoms. The summed E-state index contributed by atoms with van der Waals surface area (Å²) in [4.78, 5) is 23.0. The van der Waals surface area contributed by atoms with Crippen LogP contribution in [0.3, 0.4) is 0 Å². The fraction of sp³-hybridized carbons (Fsp3) is 0.278. The summed E-state index contributed by atoms with van der Waals surface area (Å²) in [5.41, 5.74) is -0.0579. The molecular formula is C18H21N3O5S. The number of hydrogen-bond donors (Lipinski definition) is 2. The van der Waals surface area contributed by atoms with Crippen LogP contribution in [-0.4, -0.2) is 24.8 Å². The molecule has 0 aliphatic carbocycles. The van der Waals surface area contributed by atoms with Crippen molar-refractivity contribution in [2.75, 3.05) is 5.32 Å². The predicted molar refractivity (Wildman–Crippen MR) is 102 cm³/mol. The van der Waals surface area contributed by atoms with Crippen molar-refractivity contribution in [1.29, 1.82) is 0 Å². The minimum absolute atomic E-state index is 0.0409. The highest BCUT2D eigenvalue weighted by Crippen LogP contribution is 2.25. The third kappa shape index (κ3) is 5.11. The Morgan fingerprint density at radius 1 is 1.11 bits per heavy atom. The number of carbonyl (C=O) groups excluding carboxylic acids is 1. The number of nitrogens with one attached hydrogen (secondary N) is 2. The van der Waals surface area contributed by atoms with Crippen molar-refractivity contribution in [2.24, 2.45) is 0 Å². The van der Waals surface area contributed by atoms with Crippen molar-refractivity contribution < 1.29 is 18.1 Å². The molecule has 0 saturated heterocycles. The SMILES string of the molecule is Cc1c(NC(=O)c2cccc(S(=O)(=O)NC(C)(C)C)c2)cccc1[N+](=O)[O-]. The third-order valence-corrected chi connectivity index (χ3v) is 5.35. The first-order chi connectivity index (χ1) is 12.4. The molecule has 8 nitrogen and oxygen atoms in total. The van der Waals surface area contributed by atoms with Crippen molar-refractivity contribution in [3.05, 3.63) is 63.7 Å². The van der Waals surface area contributed by atoms with E-state index in [0.717, 1.165) is 0 Å². The maximum absolute atomic E-state index is 12.5.